The largest absolute Gasteiger partial charge is 0.353 e. The van der Waals surface area contributed by atoms with Crippen LogP contribution in [0.2, 0.25) is 0 Å². The van der Waals surface area contributed by atoms with Crippen molar-refractivity contribution in [3.8, 4) is 0 Å². The molecular formula is C17H26N2O2. The molecule has 1 aromatic carbocycles. The van der Waals surface area contributed by atoms with Gasteiger partial charge in [0.05, 0.1) is 0 Å². The van der Waals surface area contributed by atoms with E-state index >= 15 is 0 Å². The Balaban J connectivity index is 2.83. The number of nitrogens with one attached hydrogen (secondary N) is 2. The van der Waals surface area contributed by atoms with Gasteiger partial charge < -0.3 is 10.6 Å². The van der Waals surface area contributed by atoms with E-state index < -0.39 is 5.41 Å². The minimum Gasteiger partial charge on any atom is -0.353 e. The second-order valence-corrected chi connectivity index (χ2v) is 6.18. The maximum Gasteiger partial charge on any atom is 0.239 e. The Labute approximate surface area is 127 Å². The van der Waals surface area contributed by atoms with E-state index in [9.17, 15) is 9.59 Å². The first-order valence-electron chi connectivity index (χ1n) is 7.38. The molecule has 21 heavy (non-hydrogen) atoms. The summed E-state index contributed by atoms with van der Waals surface area (Å²) in [5, 5.41) is 5.71. The Morgan fingerprint density at radius 2 is 1.81 bits per heavy atom. The van der Waals surface area contributed by atoms with Gasteiger partial charge in [-0.3, -0.25) is 9.59 Å². The van der Waals surface area contributed by atoms with Gasteiger partial charge in [-0.1, -0.05) is 24.6 Å². The number of benzene rings is 1. The maximum absolute atomic E-state index is 12.4. The van der Waals surface area contributed by atoms with Crippen molar-refractivity contribution in [2.24, 2.45) is 5.41 Å². The molecule has 4 nitrogen and oxygen atoms in total. The predicted octanol–water partition coefficient (Wildman–Crippen LogP) is 3.18. The first kappa shape index (κ1) is 17.2. The summed E-state index contributed by atoms with van der Waals surface area (Å²) in [5.41, 5.74) is 1.76. The van der Waals surface area contributed by atoms with Crippen LogP contribution < -0.4 is 10.6 Å². The third kappa shape index (κ3) is 4.31. The SMILES string of the molecule is CCC(C)NC(=O)C(C)(C)C(=O)Nc1ccc(C)cc1C. The van der Waals surface area contributed by atoms with Crippen molar-refractivity contribution in [2.75, 3.05) is 5.32 Å². The van der Waals surface area contributed by atoms with Gasteiger partial charge in [0, 0.05) is 11.7 Å². The highest BCUT2D eigenvalue weighted by atomic mass is 16.2. The maximum atomic E-state index is 12.4. The molecule has 0 aliphatic carbocycles. The van der Waals surface area contributed by atoms with Crippen molar-refractivity contribution < 1.29 is 9.59 Å². The van der Waals surface area contributed by atoms with E-state index in [4.69, 9.17) is 0 Å². The van der Waals surface area contributed by atoms with E-state index in [1.807, 2.05) is 45.9 Å². The molecule has 2 amide bonds. The van der Waals surface area contributed by atoms with E-state index in [0.29, 0.717) is 0 Å². The summed E-state index contributed by atoms with van der Waals surface area (Å²) >= 11 is 0. The van der Waals surface area contributed by atoms with Gasteiger partial charge in [-0.15, -0.1) is 0 Å². The highest BCUT2D eigenvalue weighted by molar-refractivity contribution is 6.10. The molecule has 0 saturated carbocycles. The summed E-state index contributed by atoms with van der Waals surface area (Å²) in [7, 11) is 0. The lowest BCUT2D eigenvalue weighted by molar-refractivity contribution is -0.138. The number of hydrogen-bond donors (Lipinski definition) is 2. The number of carbonyl (C=O) groups is 2. The smallest absolute Gasteiger partial charge is 0.239 e. The molecule has 4 heteroatoms. The number of hydrogen-bond acceptors (Lipinski definition) is 2. The van der Waals surface area contributed by atoms with Gasteiger partial charge in [0.1, 0.15) is 5.41 Å². The van der Waals surface area contributed by atoms with Crippen molar-refractivity contribution in [3.05, 3.63) is 29.3 Å². The fourth-order valence-electron chi connectivity index (χ4n) is 1.84. The Hall–Kier alpha value is -1.84. The summed E-state index contributed by atoms with van der Waals surface area (Å²) in [4.78, 5) is 24.6. The third-order valence-electron chi connectivity index (χ3n) is 3.76. The normalized spacial score (nSPS) is 12.7. The summed E-state index contributed by atoms with van der Waals surface area (Å²) in [5.74, 6) is -0.547. The quantitative estimate of drug-likeness (QED) is 0.818. The van der Waals surface area contributed by atoms with Gasteiger partial charge in [-0.25, -0.2) is 0 Å². The molecule has 0 spiro atoms. The van der Waals surface area contributed by atoms with Crippen LogP contribution in [0.25, 0.3) is 0 Å². The molecule has 0 aromatic heterocycles. The first-order chi connectivity index (χ1) is 9.68. The van der Waals surface area contributed by atoms with Gasteiger partial charge in [-0.2, -0.15) is 0 Å². The van der Waals surface area contributed by atoms with Gasteiger partial charge >= 0.3 is 0 Å². The van der Waals surface area contributed by atoms with E-state index in [-0.39, 0.29) is 17.9 Å². The molecule has 0 radical (unpaired) electrons. The van der Waals surface area contributed by atoms with E-state index in [1.165, 1.54) is 0 Å². The van der Waals surface area contributed by atoms with Crippen LogP contribution in [0, 0.1) is 19.3 Å². The average molecular weight is 290 g/mol. The monoisotopic (exact) mass is 290 g/mol. The van der Waals surface area contributed by atoms with Crippen LogP contribution in [-0.2, 0) is 9.59 Å². The molecule has 1 rings (SSSR count). The molecular weight excluding hydrogens is 264 g/mol. The first-order valence-corrected chi connectivity index (χ1v) is 7.38. The summed E-state index contributed by atoms with van der Waals surface area (Å²) < 4.78 is 0. The second-order valence-electron chi connectivity index (χ2n) is 6.18. The van der Waals surface area contributed by atoms with Crippen molar-refractivity contribution in [3.63, 3.8) is 0 Å². The topological polar surface area (TPSA) is 58.2 Å². The molecule has 1 aromatic rings. The number of anilines is 1. The van der Waals surface area contributed by atoms with Crippen molar-refractivity contribution in [2.45, 2.75) is 54.0 Å². The van der Waals surface area contributed by atoms with E-state index in [0.717, 1.165) is 23.2 Å². The minimum absolute atomic E-state index is 0.0608. The van der Waals surface area contributed by atoms with Gasteiger partial charge in [-0.05, 0) is 52.7 Å². The minimum atomic E-state index is -1.11. The summed E-state index contributed by atoms with van der Waals surface area (Å²) in [6, 6.07) is 5.87. The Morgan fingerprint density at radius 3 is 2.33 bits per heavy atom. The Morgan fingerprint density at radius 1 is 1.19 bits per heavy atom. The highest BCUT2D eigenvalue weighted by Crippen LogP contribution is 2.22. The van der Waals surface area contributed by atoms with Crippen LogP contribution >= 0.6 is 0 Å². The molecule has 2 N–H and O–H groups in total. The lowest BCUT2D eigenvalue weighted by Gasteiger charge is -2.25. The average Bonchev–Trinajstić information content (AvgIpc) is 2.41. The predicted molar refractivity (Wildman–Crippen MR) is 86.2 cm³/mol. The molecule has 0 aliphatic rings. The highest BCUT2D eigenvalue weighted by Gasteiger charge is 2.36. The number of amides is 2. The number of aryl methyl sites for hydroxylation is 2. The standard InChI is InChI=1S/C17H26N2O2/c1-7-13(4)18-15(20)17(5,6)16(21)19-14-9-8-11(2)10-12(14)3/h8-10,13H,7H2,1-6H3,(H,18,20)(H,19,21). The van der Waals surface area contributed by atoms with E-state index in [2.05, 4.69) is 10.6 Å². The zero-order valence-corrected chi connectivity index (χ0v) is 13.8. The molecule has 0 saturated heterocycles. The van der Waals surface area contributed by atoms with Crippen LogP contribution in [-0.4, -0.2) is 17.9 Å². The van der Waals surface area contributed by atoms with Gasteiger partial charge in [0.25, 0.3) is 0 Å². The molecule has 1 atom stereocenters. The van der Waals surface area contributed by atoms with Gasteiger partial charge in [0.2, 0.25) is 11.8 Å². The van der Waals surface area contributed by atoms with Crippen LogP contribution in [0.1, 0.15) is 45.2 Å². The number of carbonyl (C=O) groups excluding carboxylic acids is 2. The molecule has 1 unspecified atom stereocenters. The summed E-state index contributed by atoms with van der Waals surface area (Å²) in [6.45, 7) is 11.1. The zero-order valence-electron chi connectivity index (χ0n) is 13.8. The van der Waals surface area contributed by atoms with Crippen LogP contribution in [0.5, 0.6) is 0 Å². The molecule has 0 aliphatic heterocycles. The Kier molecular flexibility index (Phi) is 5.53. The molecule has 116 valence electrons. The lowest BCUT2D eigenvalue weighted by Crippen LogP contribution is -2.47. The van der Waals surface area contributed by atoms with Crippen LogP contribution in [0.4, 0.5) is 5.69 Å². The fraction of sp³-hybridized carbons (Fsp3) is 0.529. The van der Waals surface area contributed by atoms with Gasteiger partial charge in [0.15, 0.2) is 0 Å². The number of rotatable bonds is 5. The third-order valence-corrected chi connectivity index (χ3v) is 3.76. The van der Waals surface area contributed by atoms with Crippen LogP contribution in [0.15, 0.2) is 18.2 Å². The van der Waals surface area contributed by atoms with Crippen molar-refractivity contribution >= 4 is 17.5 Å². The van der Waals surface area contributed by atoms with Crippen molar-refractivity contribution in [1.29, 1.82) is 0 Å². The van der Waals surface area contributed by atoms with Crippen molar-refractivity contribution in [1.82, 2.24) is 5.32 Å². The lowest BCUT2D eigenvalue weighted by atomic mass is 9.90. The molecule has 0 bridgehead atoms. The second kappa shape index (κ2) is 6.74. The molecule has 0 fully saturated rings. The zero-order chi connectivity index (χ0) is 16.2. The Bertz CT molecular complexity index is 536. The molecule has 0 heterocycles. The van der Waals surface area contributed by atoms with E-state index in [1.54, 1.807) is 13.8 Å². The summed E-state index contributed by atoms with van der Waals surface area (Å²) in [6.07, 6.45) is 0.834. The fourth-order valence-corrected chi connectivity index (χ4v) is 1.84. The van der Waals surface area contributed by atoms with Crippen LogP contribution in [0.3, 0.4) is 0 Å².